The van der Waals surface area contributed by atoms with Crippen LogP contribution in [0.25, 0.3) is 16.9 Å². The number of carbonyl (C=O) groups excluding carboxylic acids is 2. The predicted molar refractivity (Wildman–Crippen MR) is 161 cm³/mol. The van der Waals surface area contributed by atoms with E-state index in [-0.39, 0.29) is 47.2 Å². The third kappa shape index (κ3) is 8.78. The number of hydrogen-bond acceptors (Lipinski definition) is 9. The van der Waals surface area contributed by atoms with E-state index in [0.29, 0.717) is 5.56 Å². The Balaban J connectivity index is 1.38. The molecule has 2 heterocycles. The minimum Gasteiger partial charge on any atom is -0.569 e. The Morgan fingerprint density at radius 3 is 2.21 bits per heavy atom. The van der Waals surface area contributed by atoms with Crippen LogP contribution in [0.5, 0.6) is 0 Å². The predicted octanol–water partition coefficient (Wildman–Crippen LogP) is 5.13. The van der Waals surface area contributed by atoms with E-state index in [1.807, 2.05) is 11.6 Å². The number of nitrogens with zero attached hydrogens (tertiary/aromatic N) is 5. The molecule has 47 heavy (non-hydrogen) atoms. The summed E-state index contributed by atoms with van der Waals surface area (Å²) < 4.78 is 74.8. The van der Waals surface area contributed by atoms with Gasteiger partial charge in [-0.05, 0) is 70.9 Å². The molecule has 3 aromatic rings. The Hall–Kier alpha value is -4.67. The van der Waals surface area contributed by atoms with Gasteiger partial charge in [0.15, 0.2) is 5.69 Å². The van der Waals surface area contributed by atoms with Gasteiger partial charge in [0.05, 0.1) is 39.8 Å². The van der Waals surface area contributed by atoms with Crippen LogP contribution in [-0.4, -0.2) is 59.4 Å². The Morgan fingerprint density at radius 1 is 1.06 bits per heavy atom. The van der Waals surface area contributed by atoms with E-state index < -0.39 is 51.4 Å². The van der Waals surface area contributed by atoms with Crippen LogP contribution < -0.4 is 4.72 Å². The molecule has 1 unspecified atom stereocenters. The molecule has 1 atom stereocenters. The van der Waals surface area contributed by atoms with Crippen molar-refractivity contribution in [2.75, 3.05) is 13.1 Å². The van der Waals surface area contributed by atoms with Crippen LogP contribution in [0.3, 0.4) is 0 Å². The first-order valence-electron chi connectivity index (χ1n) is 14.6. The molecule has 1 N–H and O–H groups in total. The molecule has 0 aliphatic carbocycles. The van der Waals surface area contributed by atoms with Crippen molar-refractivity contribution in [3.05, 3.63) is 71.1 Å². The number of carbonyl (C=O) groups is 2. The first kappa shape index (κ1) is 35.2. The maximum absolute atomic E-state index is 13.5. The van der Waals surface area contributed by atoms with Gasteiger partial charge in [-0.25, -0.2) is 17.8 Å². The fraction of sp³-hybridized carbons (Fsp3) is 0.433. The maximum Gasteiger partial charge on any atom is 0.435 e. The fourth-order valence-electron chi connectivity index (χ4n) is 4.49. The number of amides is 1. The van der Waals surface area contributed by atoms with Crippen LogP contribution in [0.4, 0.5) is 13.2 Å². The van der Waals surface area contributed by atoms with E-state index in [2.05, 4.69) is 10.4 Å². The third-order valence-corrected chi connectivity index (χ3v) is 8.57. The van der Waals surface area contributed by atoms with Gasteiger partial charge in [0.1, 0.15) is 0 Å². The van der Waals surface area contributed by atoms with E-state index in [1.54, 1.807) is 45.0 Å². The van der Waals surface area contributed by atoms with Crippen molar-refractivity contribution in [2.24, 2.45) is 16.6 Å². The summed E-state index contributed by atoms with van der Waals surface area (Å²) in [6.07, 6.45) is -5.56. The van der Waals surface area contributed by atoms with Crippen molar-refractivity contribution in [1.29, 1.82) is 0 Å². The second kappa shape index (κ2) is 13.6. The lowest BCUT2D eigenvalue weighted by molar-refractivity contribution is -0.715. The highest BCUT2D eigenvalue weighted by molar-refractivity contribution is 7.90. The smallest absolute Gasteiger partial charge is 0.435 e. The van der Waals surface area contributed by atoms with Crippen LogP contribution in [-0.2, 0) is 35.4 Å². The first-order chi connectivity index (χ1) is 21.8. The van der Waals surface area contributed by atoms with Crippen LogP contribution in [0, 0.1) is 23.5 Å². The normalized spacial score (nSPS) is 15.7. The number of aryl methyl sites for hydroxylation is 1. The molecule has 13 nitrogen and oxygen atoms in total. The molecule has 2 aromatic carbocycles. The molecule has 254 valence electrons. The fourth-order valence-corrected chi connectivity index (χ4v) is 5.54. The summed E-state index contributed by atoms with van der Waals surface area (Å²) in [6.45, 7) is 8.33. The van der Waals surface area contributed by atoms with Crippen molar-refractivity contribution < 1.29 is 45.7 Å². The maximum atomic E-state index is 13.5. The van der Waals surface area contributed by atoms with Crippen LogP contribution in [0.2, 0.25) is 0 Å². The molecule has 1 aliphatic rings. The Bertz CT molecular complexity index is 1730. The monoisotopic (exact) mass is 680 g/mol. The van der Waals surface area contributed by atoms with Gasteiger partial charge >= 0.3 is 12.1 Å². The van der Waals surface area contributed by atoms with E-state index >= 15 is 0 Å². The van der Waals surface area contributed by atoms with Crippen molar-refractivity contribution in [1.82, 2.24) is 19.5 Å². The number of nitrogens with one attached hydrogen (secondary N) is 1. The average molecular weight is 681 g/mol. The molecule has 1 fully saturated rings. The SMILES string of the molecule is Cc1ccc(-c2cc(C(F)(F)F)nn2-c2ccc(S(=O)(=O)NC(=O)C3CCN(/[N+]([O-])=N/OC(C)OC(=O)C(C)(C)C)CC3)cc2)cc1. The van der Waals surface area contributed by atoms with Crippen LogP contribution >= 0.6 is 0 Å². The van der Waals surface area contributed by atoms with Crippen molar-refractivity contribution in [3.8, 4) is 16.9 Å². The van der Waals surface area contributed by atoms with Crippen LogP contribution in [0.15, 0.2) is 64.8 Å². The van der Waals surface area contributed by atoms with Crippen molar-refractivity contribution in [3.63, 3.8) is 0 Å². The molecule has 0 radical (unpaired) electrons. The molecule has 1 amide bonds. The summed E-state index contributed by atoms with van der Waals surface area (Å²) in [7, 11) is -4.34. The average Bonchev–Trinajstić information content (AvgIpc) is 3.46. The molecule has 1 aromatic heterocycles. The molecule has 0 saturated carbocycles. The zero-order valence-electron chi connectivity index (χ0n) is 26.3. The van der Waals surface area contributed by atoms with Gasteiger partial charge in [-0.3, -0.25) is 14.4 Å². The standard InChI is InChI=1S/C30H35F3N6O7S/c1-19-6-8-21(9-7-19)25-18-26(30(31,32)33)34-38(25)23-10-12-24(13-11-23)47(43,44)35-27(40)22-14-16-37(17-15-22)39(42)36-46-20(2)45-28(41)29(3,4)5/h6-13,18,20,22H,14-17H2,1-5H3,(H,35,40)/b39-36-. The zero-order chi connectivity index (χ0) is 34.7. The van der Waals surface area contributed by atoms with Gasteiger partial charge in [0.2, 0.25) is 11.2 Å². The lowest BCUT2D eigenvalue weighted by Crippen LogP contribution is -2.44. The van der Waals surface area contributed by atoms with E-state index in [9.17, 15) is 36.4 Å². The minimum atomic E-state index is -4.70. The Labute approximate surface area is 269 Å². The minimum absolute atomic E-state index is 0.0620. The number of halogens is 3. The molecular formula is C30H35F3N6O7S. The van der Waals surface area contributed by atoms with Gasteiger partial charge in [-0.15, -0.1) is 5.01 Å². The summed E-state index contributed by atoms with van der Waals surface area (Å²) in [4.78, 5) is 29.6. The van der Waals surface area contributed by atoms with Gasteiger partial charge < -0.3 is 9.94 Å². The number of ether oxygens (including phenoxy) is 1. The number of rotatable bonds is 9. The highest BCUT2D eigenvalue weighted by atomic mass is 32.2. The van der Waals surface area contributed by atoms with Crippen LogP contribution in [0.1, 0.15) is 51.8 Å². The van der Waals surface area contributed by atoms with Gasteiger partial charge in [0.25, 0.3) is 16.3 Å². The molecule has 0 bridgehead atoms. The highest BCUT2D eigenvalue weighted by Crippen LogP contribution is 2.33. The van der Waals surface area contributed by atoms with Crippen molar-refractivity contribution >= 4 is 21.9 Å². The lowest BCUT2D eigenvalue weighted by Gasteiger charge is -2.27. The lowest BCUT2D eigenvalue weighted by atomic mass is 9.97. The Kier molecular flexibility index (Phi) is 10.2. The van der Waals surface area contributed by atoms with Gasteiger partial charge in [0, 0.05) is 18.4 Å². The largest absolute Gasteiger partial charge is 0.569 e. The number of piperidine rings is 1. The number of sulfonamides is 1. The number of esters is 1. The number of benzene rings is 2. The number of hydrazine groups is 1. The quantitative estimate of drug-likeness (QED) is 0.106. The summed E-state index contributed by atoms with van der Waals surface area (Å²) in [5.41, 5.74) is -0.163. The summed E-state index contributed by atoms with van der Waals surface area (Å²) >= 11 is 0. The highest BCUT2D eigenvalue weighted by Gasteiger charge is 2.36. The topological polar surface area (TPSA) is 158 Å². The number of aromatic nitrogens is 2. The van der Waals surface area contributed by atoms with E-state index in [1.165, 1.54) is 24.1 Å². The number of hydrogen-bond donors (Lipinski definition) is 1. The summed E-state index contributed by atoms with van der Waals surface area (Å²) in [6, 6.07) is 12.6. The van der Waals surface area contributed by atoms with E-state index in [4.69, 9.17) is 9.57 Å². The molecule has 1 saturated heterocycles. The second-order valence-electron chi connectivity index (χ2n) is 12.0. The summed E-state index contributed by atoms with van der Waals surface area (Å²) in [5, 5.41) is 20.7. The Morgan fingerprint density at radius 2 is 1.66 bits per heavy atom. The zero-order valence-corrected chi connectivity index (χ0v) is 27.1. The second-order valence-corrected chi connectivity index (χ2v) is 13.7. The molecular weight excluding hydrogens is 645 g/mol. The third-order valence-electron chi connectivity index (χ3n) is 7.21. The van der Waals surface area contributed by atoms with Gasteiger partial charge in [-0.2, -0.15) is 18.3 Å². The molecule has 1 aliphatic heterocycles. The van der Waals surface area contributed by atoms with Crippen molar-refractivity contribution in [2.45, 2.75) is 64.8 Å². The first-order valence-corrected chi connectivity index (χ1v) is 16.0. The number of alkyl halides is 3. The summed E-state index contributed by atoms with van der Waals surface area (Å²) in [5.74, 6) is -2.05. The molecule has 17 heteroatoms. The van der Waals surface area contributed by atoms with Gasteiger partial charge in [-0.1, -0.05) is 29.8 Å². The van der Waals surface area contributed by atoms with E-state index in [0.717, 1.165) is 28.4 Å². The molecule has 4 rings (SSSR count). The molecule has 0 spiro atoms.